The number of hydrogen-bond donors (Lipinski definition) is 0. The summed E-state index contributed by atoms with van der Waals surface area (Å²) in [5.41, 5.74) is 2.18. The number of ether oxygens (including phenoxy) is 1. The summed E-state index contributed by atoms with van der Waals surface area (Å²) in [7, 11) is 3.46. The predicted octanol–water partition coefficient (Wildman–Crippen LogP) is 2.30. The highest BCUT2D eigenvalue weighted by molar-refractivity contribution is 5.78. The average Bonchev–Trinajstić information content (AvgIpc) is 3.15. The molecule has 1 fully saturated rings. The van der Waals surface area contributed by atoms with Gasteiger partial charge < -0.3 is 4.74 Å². The first-order valence-corrected chi connectivity index (χ1v) is 6.00. The lowest BCUT2D eigenvalue weighted by Gasteiger charge is -2.27. The van der Waals surface area contributed by atoms with Gasteiger partial charge in [-0.2, -0.15) is 0 Å². The van der Waals surface area contributed by atoms with E-state index >= 15 is 0 Å². The van der Waals surface area contributed by atoms with E-state index in [9.17, 15) is 4.79 Å². The Hall–Kier alpha value is -1.35. The van der Waals surface area contributed by atoms with E-state index in [4.69, 9.17) is 4.74 Å². The zero-order chi connectivity index (χ0) is 12.4. The van der Waals surface area contributed by atoms with Crippen molar-refractivity contribution in [1.82, 2.24) is 4.90 Å². The second kappa shape index (κ2) is 4.88. The highest BCUT2D eigenvalue weighted by atomic mass is 16.5. The Bertz CT molecular complexity index is 412. The summed E-state index contributed by atoms with van der Waals surface area (Å²) < 4.78 is 4.94. The van der Waals surface area contributed by atoms with Gasteiger partial charge >= 0.3 is 5.97 Å². The Labute approximate surface area is 102 Å². The fourth-order valence-electron chi connectivity index (χ4n) is 2.21. The van der Waals surface area contributed by atoms with E-state index in [-0.39, 0.29) is 12.0 Å². The summed E-state index contributed by atoms with van der Waals surface area (Å²) in [5.74, 6) is -0.173. The van der Waals surface area contributed by atoms with E-state index in [1.807, 2.05) is 38.2 Å². The van der Waals surface area contributed by atoms with Crippen molar-refractivity contribution in [1.29, 1.82) is 0 Å². The highest BCUT2D eigenvalue weighted by Gasteiger charge is 2.36. The van der Waals surface area contributed by atoms with Gasteiger partial charge in [-0.1, -0.05) is 24.3 Å². The van der Waals surface area contributed by atoms with Gasteiger partial charge in [0.15, 0.2) is 0 Å². The topological polar surface area (TPSA) is 29.5 Å². The van der Waals surface area contributed by atoms with Crippen molar-refractivity contribution in [3.05, 3.63) is 35.4 Å². The largest absolute Gasteiger partial charge is 0.468 e. The van der Waals surface area contributed by atoms with Crippen LogP contribution in [0.3, 0.4) is 0 Å². The van der Waals surface area contributed by atoms with Crippen LogP contribution in [0.5, 0.6) is 0 Å². The van der Waals surface area contributed by atoms with Crippen LogP contribution in [0.2, 0.25) is 0 Å². The Morgan fingerprint density at radius 1 is 1.41 bits per heavy atom. The van der Waals surface area contributed by atoms with Crippen LogP contribution in [0.4, 0.5) is 0 Å². The third-order valence-electron chi connectivity index (χ3n) is 3.44. The molecule has 0 spiro atoms. The minimum Gasteiger partial charge on any atom is -0.468 e. The third-order valence-corrected chi connectivity index (χ3v) is 3.44. The molecule has 0 N–H and O–H groups in total. The smallest absolute Gasteiger partial charge is 0.327 e. The number of esters is 1. The van der Waals surface area contributed by atoms with Gasteiger partial charge in [-0.05, 0) is 37.9 Å². The number of likely N-dealkylation sites (N-methyl/N-ethyl adjacent to an activating group) is 1. The summed E-state index contributed by atoms with van der Waals surface area (Å²) in [6.07, 6.45) is 2.35. The molecule has 2 rings (SSSR count). The average molecular weight is 233 g/mol. The Morgan fingerprint density at radius 3 is 2.59 bits per heavy atom. The summed E-state index contributed by atoms with van der Waals surface area (Å²) >= 11 is 0. The van der Waals surface area contributed by atoms with Gasteiger partial charge in [0, 0.05) is 6.04 Å². The first kappa shape index (κ1) is 12.1. The molecule has 1 unspecified atom stereocenters. The van der Waals surface area contributed by atoms with Crippen LogP contribution in [0, 0.1) is 6.92 Å². The molecule has 1 saturated carbocycles. The molecule has 0 amide bonds. The van der Waals surface area contributed by atoms with E-state index < -0.39 is 0 Å². The number of benzene rings is 1. The van der Waals surface area contributed by atoms with Crippen LogP contribution in [0.15, 0.2) is 24.3 Å². The van der Waals surface area contributed by atoms with Crippen LogP contribution >= 0.6 is 0 Å². The van der Waals surface area contributed by atoms with E-state index in [0.29, 0.717) is 6.04 Å². The molecular formula is C14H19NO2. The summed E-state index contributed by atoms with van der Waals surface area (Å²) in [5, 5.41) is 0. The summed E-state index contributed by atoms with van der Waals surface area (Å²) in [6, 6.07) is 8.26. The molecule has 0 aromatic heterocycles. The minimum atomic E-state index is -0.270. The van der Waals surface area contributed by atoms with E-state index in [1.54, 1.807) is 0 Å². The van der Waals surface area contributed by atoms with Crippen molar-refractivity contribution >= 4 is 5.97 Å². The molecular weight excluding hydrogens is 214 g/mol. The SMILES string of the molecule is COC(=O)C(c1ccccc1C)N(C)C1CC1. The summed E-state index contributed by atoms with van der Waals surface area (Å²) in [4.78, 5) is 14.1. The van der Waals surface area contributed by atoms with Crippen LogP contribution in [-0.4, -0.2) is 31.1 Å². The fourth-order valence-corrected chi connectivity index (χ4v) is 2.21. The van der Waals surface area contributed by atoms with Gasteiger partial charge in [0.25, 0.3) is 0 Å². The van der Waals surface area contributed by atoms with Crippen LogP contribution < -0.4 is 0 Å². The van der Waals surface area contributed by atoms with Crippen molar-refractivity contribution in [3.63, 3.8) is 0 Å². The van der Waals surface area contributed by atoms with Crippen molar-refractivity contribution < 1.29 is 9.53 Å². The van der Waals surface area contributed by atoms with Gasteiger partial charge in [0.2, 0.25) is 0 Å². The van der Waals surface area contributed by atoms with Gasteiger partial charge in [0.05, 0.1) is 7.11 Å². The van der Waals surface area contributed by atoms with E-state index in [2.05, 4.69) is 4.90 Å². The van der Waals surface area contributed by atoms with Gasteiger partial charge in [0.1, 0.15) is 6.04 Å². The lowest BCUT2D eigenvalue weighted by atomic mass is 10.00. The summed E-state index contributed by atoms with van der Waals surface area (Å²) in [6.45, 7) is 2.03. The molecule has 17 heavy (non-hydrogen) atoms. The molecule has 1 aromatic rings. The zero-order valence-electron chi connectivity index (χ0n) is 10.6. The molecule has 92 valence electrons. The lowest BCUT2D eigenvalue weighted by molar-refractivity contribution is -0.147. The van der Waals surface area contributed by atoms with Crippen LogP contribution in [0.1, 0.15) is 30.0 Å². The predicted molar refractivity (Wildman–Crippen MR) is 66.7 cm³/mol. The molecule has 3 nitrogen and oxygen atoms in total. The molecule has 1 aliphatic carbocycles. The fraction of sp³-hybridized carbons (Fsp3) is 0.500. The molecule has 1 aromatic carbocycles. The number of carbonyl (C=O) groups is 1. The Kier molecular flexibility index (Phi) is 3.48. The van der Waals surface area contributed by atoms with Crippen molar-refractivity contribution in [3.8, 4) is 0 Å². The van der Waals surface area contributed by atoms with Crippen LogP contribution in [0.25, 0.3) is 0 Å². The number of carbonyl (C=O) groups excluding carboxylic acids is 1. The molecule has 1 atom stereocenters. The molecule has 0 heterocycles. The first-order chi connectivity index (χ1) is 8.15. The van der Waals surface area contributed by atoms with E-state index in [0.717, 1.165) is 11.1 Å². The maximum Gasteiger partial charge on any atom is 0.327 e. The van der Waals surface area contributed by atoms with Gasteiger partial charge in [-0.25, -0.2) is 4.79 Å². The Balaban J connectivity index is 2.32. The molecule has 1 aliphatic rings. The molecule has 0 bridgehead atoms. The second-order valence-corrected chi connectivity index (χ2v) is 4.68. The number of rotatable bonds is 4. The monoisotopic (exact) mass is 233 g/mol. The highest BCUT2D eigenvalue weighted by Crippen LogP contribution is 2.34. The first-order valence-electron chi connectivity index (χ1n) is 6.00. The Morgan fingerprint density at radius 2 is 2.06 bits per heavy atom. The maximum absolute atomic E-state index is 12.0. The van der Waals surface area contributed by atoms with Crippen molar-refractivity contribution in [2.24, 2.45) is 0 Å². The second-order valence-electron chi connectivity index (χ2n) is 4.68. The molecule has 0 saturated heterocycles. The van der Waals surface area contributed by atoms with Gasteiger partial charge in [-0.3, -0.25) is 4.90 Å². The molecule has 0 radical (unpaired) electrons. The molecule has 0 aliphatic heterocycles. The maximum atomic E-state index is 12.0. The third kappa shape index (κ3) is 2.50. The normalized spacial score (nSPS) is 16.9. The number of aryl methyl sites for hydroxylation is 1. The van der Waals surface area contributed by atoms with Gasteiger partial charge in [-0.15, -0.1) is 0 Å². The van der Waals surface area contributed by atoms with E-state index in [1.165, 1.54) is 20.0 Å². The van der Waals surface area contributed by atoms with Crippen LogP contribution in [-0.2, 0) is 9.53 Å². The minimum absolute atomic E-state index is 0.173. The zero-order valence-corrected chi connectivity index (χ0v) is 10.6. The number of nitrogens with zero attached hydrogens (tertiary/aromatic N) is 1. The van der Waals surface area contributed by atoms with Crippen molar-refractivity contribution in [2.75, 3.05) is 14.2 Å². The lowest BCUT2D eigenvalue weighted by Crippen LogP contribution is -2.33. The number of hydrogen-bond acceptors (Lipinski definition) is 3. The quantitative estimate of drug-likeness (QED) is 0.747. The number of methoxy groups -OCH3 is 1. The van der Waals surface area contributed by atoms with Crippen molar-refractivity contribution in [2.45, 2.75) is 31.8 Å². The molecule has 3 heteroatoms. The standard InChI is InChI=1S/C14H19NO2/c1-10-6-4-5-7-12(10)13(14(16)17-3)15(2)11-8-9-11/h4-7,11,13H,8-9H2,1-3H3.